The van der Waals surface area contributed by atoms with Crippen molar-refractivity contribution in [2.45, 2.75) is 65.0 Å². The van der Waals surface area contributed by atoms with Gasteiger partial charge in [-0.25, -0.2) is 4.79 Å². The van der Waals surface area contributed by atoms with E-state index in [4.69, 9.17) is 4.74 Å². The molecule has 0 radical (unpaired) electrons. The Morgan fingerprint density at radius 2 is 1.93 bits per heavy atom. The summed E-state index contributed by atoms with van der Waals surface area (Å²) in [5, 5.41) is 0. The van der Waals surface area contributed by atoms with Crippen LogP contribution in [0, 0.1) is 0 Å². The van der Waals surface area contributed by atoms with Crippen molar-refractivity contribution in [3.05, 3.63) is 0 Å². The maximum Gasteiger partial charge on any atom is 0.410 e. The Morgan fingerprint density at radius 3 is 2.53 bits per heavy atom. The van der Waals surface area contributed by atoms with Crippen LogP contribution in [0.3, 0.4) is 0 Å². The van der Waals surface area contributed by atoms with Gasteiger partial charge in [-0.05, 0) is 40.5 Å². The molecule has 0 saturated carbocycles. The van der Waals surface area contributed by atoms with Gasteiger partial charge in [0.2, 0.25) is 0 Å². The molecule has 1 rings (SSSR count). The zero-order chi connectivity index (χ0) is 11.5. The fourth-order valence-electron chi connectivity index (χ4n) is 1.87. The number of hydrogen-bond acceptors (Lipinski definition) is 2. The maximum atomic E-state index is 11.9. The molecule has 0 aromatic heterocycles. The first-order valence-corrected chi connectivity index (χ1v) is 5.90. The third-order valence-corrected chi connectivity index (χ3v) is 2.68. The van der Waals surface area contributed by atoms with Crippen molar-refractivity contribution < 1.29 is 9.53 Å². The van der Waals surface area contributed by atoms with Crippen LogP contribution in [-0.2, 0) is 4.74 Å². The molecule has 15 heavy (non-hydrogen) atoms. The van der Waals surface area contributed by atoms with Crippen LogP contribution in [0.1, 0.15) is 53.4 Å². The third kappa shape index (κ3) is 4.10. The van der Waals surface area contributed by atoms with Crippen LogP contribution in [0.25, 0.3) is 0 Å². The summed E-state index contributed by atoms with van der Waals surface area (Å²) in [4.78, 5) is 13.8. The number of hydrogen-bond donors (Lipinski definition) is 0. The molecule has 0 N–H and O–H groups in total. The third-order valence-electron chi connectivity index (χ3n) is 2.68. The van der Waals surface area contributed by atoms with Crippen molar-refractivity contribution in [2.24, 2.45) is 0 Å². The Bertz CT molecular complexity index is 220. The zero-order valence-electron chi connectivity index (χ0n) is 10.4. The summed E-state index contributed by atoms with van der Waals surface area (Å²) >= 11 is 0. The molecule has 1 heterocycles. The Balaban J connectivity index is 2.56. The zero-order valence-corrected chi connectivity index (χ0v) is 10.4. The lowest BCUT2D eigenvalue weighted by Crippen LogP contribution is -2.41. The molecule has 88 valence electrons. The Kier molecular flexibility index (Phi) is 4.00. The minimum Gasteiger partial charge on any atom is -0.444 e. The van der Waals surface area contributed by atoms with E-state index in [9.17, 15) is 4.79 Å². The van der Waals surface area contributed by atoms with Crippen LogP contribution in [-0.4, -0.2) is 29.2 Å². The summed E-state index contributed by atoms with van der Waals surface area (Å²) in [6, 6.07) is 0.322. The van der Waals surface area contributed by atoms with Crippen molar-refractivity contribution in [3.63, 3.8) is 0 Å². The van der Waals surface area contributed by atoms with E-state index in [0.29, 0.717) is 6.04 Å². The quantitative estimate of drug-likeness (QED) is 0.618. The number of nitrogens with zero attached hydrogens (tertiary/aromatic N) is 1. The molecule has 0 bridgehead atoms. The minimum atomic E-state index is -0.386. The number of ether oxygens (including phenoxy) is 1. The van der Waals surface area contributed by atoms with Gasteiger partial charge in [0.15, 0.2) is 0 Å². The van der Waals surface area contributed by atoms with Gasteiger partial charge in [0.05, 0.1) is 0 Å². The molecular formula is C12H23NO2. The lowest BCUT2D eigenvalue weighted by molar-refractivity contribution is 0.0183. The first kappa shape index (κ1) is 12.3. The summed E-state index contributed by atoms with van der Waals surface area (Å²) in [5.41, 5.74) is -0.386. The highest BCUT2D eigenvalue weighted by Crippen LogP contribution is 2.19. The molecule has 1 atom stereocenters. The molecule has 1 aliphatic heterocycles. The maximum absolute atomic E-state index is 11.9. The average Bonchev–Trinajstić information content (AvgIpc) is 2.26. The smallest absolute Gasteiger partial charge is 0.410 e. The van der Waals surface area contributed by atoms with Crippen LogP contribution in [0.4, 0.5) is 4.79 Å². The van der Waals surface area contributed by atoms with Crippen molar-refractivity contribution in [2.75, 3.05) is 6.54 Å². The number of carbonyl (C=O) groups is 1. The van der Waals surface area contributed by atoms with Gasteiger partial charge in [-0.2, -0.15) is 0 Å². The molecule has 1 saturated heterocycles. The summed E-state index contributed by atoms with van der Waals surface area (Å²) in [5.74, 6) is 0. The van der Waals surface area contributed by atoms with E-state index < -0.39 is 0 Å². The van der Waals surface area contributed by atoms with Crippen molar-refractivity contribution in [1.82, 2.24) is 4.90 Å². The first-order valence-electron chi connectivity index (χ1n) is 5.90. The number of amides is 1. The van der Waals surface area contributed by atoms with Crippen LogP contribution in [0.2, 0.25) is 0 Å². The highest BCUT2D eigenvalue weighted by atomic mass is 16.6. The Morgan fingerprint density at radius 1 is 1.27 bits per heavy atom. The lowest BCUT2D eigenvalue weighted by Gasteiger charge is -2.30. The fourth-order valence-corrected chi connectivity index (χ4v) is 1.87. The highest BCUT2D eigenvalue weighted by molar-refractivity contribution is 5.68. The van der Waals surface area contributed by atoms with Gasteiger partial charge in [0.1, 0.15) is 5.60 Å². The fraction of sp³-hybridized carbons (Fsp3) is 0.917. The van der Waals surface area contributed by atoms with E-state index in [1.165, 1.54) is 12.8 Å². The molecule has 1 amide bonds. The molecule has 0 spiro atoms. The van der Waals surface area contributed by atoms with Crippen molar-refractivity contribution >= 4 is 6.09 Å². The number of rotatable bonds is 0. The van der Waals surface area contributed by atoms with Crippen LogP contribution in [0.5, 0.6) is 0 Å². The minimum absolute atomic E-state index is 0.156. The van der Waals surface area contributed by atoms with Crippen molar-refractivity contribution in [3.8, 4) is 0 Å². The van der Waals surface area contributed by atoms with E-state index in [1.807, 2.05) is 25.7 Å². The van der Waals surface area contributed by atoms with Gasteiger partial charge in [-0.15, -0.1) is 0 Å². The molecular weight excluding hydrogens is 190 g/mol. The monoisotopic (exact) mass is 213 g/mol. The van der Waals surface area contributed by atoms with E-state index in [-0.39, 0.29) is 11.7 Å². The summed E-state index contributed by atoms with van der Waals surface area (Å²) in [7, 11) is 0. The van der Waals surface area contributed by atoms with E-state index in [1.54, 1.807) is 0 Å². The van der Waals surface area contributed by atoms with Gasteiger partial charge < -0.3 is 9.64 Å². The van der Waals surface area contributed by atoms with Crippen LogP contribution >= 0.6 is 0 Å². The van der Waals surface area contributed by atoms with Gasteiger partial charge in [0.25, 0.3) is 0 Å². The summed E-state index contributed by atoms with van der Waals surface area (Å²) in [6.45, 7) is 8.68. The number of carbonyl (C=O) groups excluding carboxylic acids is 1. The topological polar surface area (TPSA) is 29.5 Å². The molecule has 0 aliphatic carbocycles. The van der Waals surface area contributed by atoms with E-state index in [0.717, 1.165) is 19.4 Å². The first-order chi connectivity index (χ1) is 6.90. The summed E-state index contributed by atoms with van der Waals surface area (Å²) < 4.78 is 5.39. The molecule has 3 heteroatoms. The predicted molar refractivity (Wildman–Crippen MR) is 60.9 cm³/mol. The van der Waals surface area contributed by atoms with Crippen LogP contribution < -0.4 is 0 Å². The normalized spacial score (nSPS) is 23.5. The lowest BCUT2D eigenvalue weighted by atomic mass is 10.1. The predicted octanol–water partition coefficient (Wildman–Crippen LogP) is 3.19. The van der Waals surface area contributed by atoms with E-state index in [2.05, 4.69) is 6.92 Å². The Hall–Kier alpha value is -0.730. The van der Waals surface area contributed by atoms with Gasteiger partial charge in [0, 0.05) is 12.6 Å². The second-order valence-electron chi connectivity index (χ2n) is 5.37. The highest BCUT2D eigenvalue weighted by Gasteiger charge is 2.26. The van der Waals surface area contributed by atoms with Crippen LogP contribution in [0.15, 0.2) is 0 Å². The van der Waals surface area contributed by atoms with E-state index >= 15 is 0 Å². The SMILES string of the molecule is C[C@@H]1CCCCCN1C(=O)OC(C)(C)C. The molecule has 1 fully saturated rings. The van der Waals surface area contributed by atoms with Crippen molar-refractivity contribution in [1.29, 1.82) is 0 Å². The molecule has 0 aromatic carbocycles. The largest absolute Gasteiger partial charge is 0.444 e. The molecule has 1 aliphatic rings. The number of likely N-dealkylation sites (tertiary alicyclic amines) is 1. The van der Waals surface area contributed by atoms with Gasteiger partial charge >= 0.3 is 6.09 Å². The average molecular weight is 213 g/mol. The molecule has 3 nitrogen and oxygen atoms in total. The standard InChI is InChI=1S/C12H23NO2/c1-10-8-6-5-7-9-13(10)11(14)15-12(2,3)4/h10H,5-9H2,1-4H3/t10-/m1/s1. The van der Waals surface area contributed by atoms with Gasteiger partial charge in [-0.1, -0.05) is 12.8 Å². The van der Waals surface area contributed by atoms with Gasteiger partial charge in [-0.3, -0.25) is 0 Å². The summed E-state index contributed by atoms with van der Waals surface area (Å²) in [6.07, 6.45) is 4.49. The Labute approximate surface area is 92.8 Å². The second kappa shape index (κ2) is 4.86. The molecule has 0 unspecified atom stereocenters. The molecule has 0 aromatic rings. The second-order valence-corrected chi connectivity index (χ2v) is 5.37.